The van der Waals surface area contributed by atoms with Gasteiger partial charge in [-0.3, -0.25) is 0 Å². The molecule has 2 aliphatic heterocycles. The molecule has 0 aromatic carbocycles. The molecule has 0 amide bonds. The number of hydrogen-bond acceptors (Lipinski definition) is 3. The zero-order valence-electron chi connectivity index (χ0n) is 9.11. The number of likely N-dealkylation sites (tertiary alicyclic amines) is 2. The smallest absolute Gasteiger partial charge is 0.179 e. The van der Waals surface area contributed by atoms with E-state index >= 15 is 0 Å². The molecule has 0 spiro atoms. The molecule has 2 atom stereocenters. The number of fused-ring (bicyclic) bond motifs is 1. The second-order valence-electron chi connectivity index (χ2n) is 4.89. The van der Waals surface area contributed by atoms with Gasteiger partial charge in [0.1, 0.15) is 0 Å². The van der Waals surface area contributed by atoms with E-state index in [0.717, 1.165) is 24.9 Å². The molecule has 0 aromatic heterocycles. The van der Waals surface area contributed by atoms with E-state index in [1.54, 1.807) is 0 Å². The van der Waals surface area contributed by atoms with Crippen LogP contribution in [0.1, 0.15) is 13.8 Å². The predicted octanol–water partition coefficient (Wildman–Crippen LogP) is 1.29. The third kappa shape index (κ3) is 1.61. The molecule has 2 saturated heterocycles. The Balaban J connectivity index is 1.93. The fourth-order valence-electron chi connectivity index (χ4n) is 2.66. The minimum absolute atomic E-state index is 0.246. The van der Waals surface area contributed by atoms with E-state index in [1.165, 1.54) is 13.1 Å². The van der Waals surface area contributed by atoms with Gasteiger partial charge in [0.05, 0.1) is 0 Å². The van der Waals surface area contributed by atoms with Gasteiger partial charge in [-0.15, -0.1) is 0 Å². The lowest BCUT2D eigenvalue weighted by molar-refractivity contribution is 0.194. The van der Waals surface area contributed by atoms with Crippen molar-refractivity contribution in [1.82, 2.24) is 9.80 Å². The summed E-state index contributed by atoms with van der Waals surface area (Å²) < 4.78 is 0. The summed E-state index contributed by atoms with van der Waals surface area (Å²) in [5.41, 5.74) is 0. The highest BCUT2D eigenvalue weighted by Crippen LogP contribution is 2.32. The molecule has 0 radical (unpaired) electrons. The van der Waals surface area contributed by atoms with Gasteiger partial charge in [-0.1, -0.05) is 0 Å². The summed E-state index contributed by atoms with van der Waals surface area (Å²) in [5.74, 6) is 1.72. The maximum Gasteiger partial charge on any atom is 0.179 e. The van der Waals surface area contributed by atoms with Crippen molar-refractivity contribution in [2.45, 2.75) is 19.9 Å². The lowest BCUT2D eigenvalue weighted by atomic mass is 10.0. The van der Waals surface area contributed by atoms with Gasteiger partial charge < -0.3 is 14.9 Å². The third-order valence-electron chi connectivity index (χ3n) is 3.61. The molecule has 2 heterocycles. The quantitative estimate of drug-likeness (QED) is 0.674. The fourth-order valence-corrected chi connectivity index (χ4v) is 2.66. The van der Waals surface area contributed by atoms with Crippen LogP contribution < -0.4 is 0 Å². The highest BCUT2D eigenvalue weighted by atomic mass is 16.3. The number of aliphatic hydroxyl groups is 1. The molecule has 2 rings (SSSR count). The van der Waals surface area contributed by atoms with Gasteiger partial charge in [-0.05, 0) is 32.3 Å². The first-order valence-electron chi connectivity index (χ1n) is 5.44. The molecular formula is C11H20N2O. The molecule has 80 valence electrons. The second kappa shape index (κ2) is 3.46. The summed E-state index contributed by atoms with van der Waals surface area (Å²) in [6.45, 7) is 12.4. The predicted molar refractivity (Wildman–Crippen MR) is 57.0 cm³/mol. The summed E-state index contributed by atoms with van der Waals surface area (Å²) in [6, 6.07) is 0.659. The van der Waals surface area contributed by atoms with Crippen LogP contribution >= 0.6 is 0 Å². The molecule has 0 aliphatic carbocycles. The Bertz CT molecular complexity index is 225. The molecule has 0 unspecified atom stereocenters. The van der Waals surface area contributed by atoms with Crippen molar-refractivity contribution in [2.75, 3.05) is 26.2 Å². The molecule has 3 heteroatoms. The van der Waals surface area contributed by atoms with Crippen LogP contribution in [-0.4, -0.2) is 47.1 Å². The number of hydrogen-bond donors (Lipinski definition) is 1. The Labute approximate surface area is 86.0 Å². The Morgan fingerprint density at radius 2 is 1.71 bits per heavy atom. The summed E-state index contributed by atoms with van der Waals surface area (Å²) >= 11 is 0. The van der Waals surface area contributed by atoms with Gasteiger partial charge in [0.2, 0.25) is 0 Å². The van der Waals surface area contributed by atoms with Gasteiger partial charge in [0, 0.05) is 32.2 Å². The van der Waals surface area contributed by atoms with E-state index in [2.05, 4.69) is 25.3 Å². The van der Waals surface area contributed by atoms with Crippen LogP contribution in [-0.2, 0) is 0 Å². The average molecular weight is 196 g/mol. The second-order valence-corrected chi connectivity index (χ2v) is 4.89. The standard InChI is InChI=1S/C11H20N2O/c1-8(2)12-4-10-6-13(9(3)14)7-11(10)5-12/h8,10-11,14H,3-7H2,1-2H3/t10-,11+. The van der Waals surface area contributed by atoms with Crippen molar-refractivity contribution in [3.63, 3.8) is 0 Å². The summed E-state index contributed by atoms with van der Waals surface area (Å²) in [4.78, 5) is 4.54. The van der Waals surface area contributed by atoms with Crippen LogP contribution in [0.4, 0.5) is 0 Å². The third-order valence-corrected chi connectivity index (χ3v) is 3.61. The zero-order chi connectivity index (χ0) is 10.3. The molecule has 0 saturated carbocycles. The summed E-state index contributed by atoms with van der Waals surface area (Å²) in [6.07, 6.45) is 0. The van der Waals surface area contributed by atoms with Gasteiger partial charge in [-0.2, -0.15) is 0 Å². The van der Waals surface area contributed by atoms with Gasteiger partial charge in [-0.25, -0.2) is 0 Å². The Morgan fingerprint density at radius 1 is 1.21 bits per heavy atom. The first-order chi connectivity index (χ1) is 6.58. The lowest BCUT2D eigenvalue weighted by Crippen LogP contribution is -2.32. The zero-order valence-corrected chi connectivity index (χ0v) is 9.11. The van der Waals surface area contributed by atoms with Crippen LogP contribution in [0, 0.1) is 11.8 Å². The molecular weight excluding hydrogens is 176 g/mol. The van der Waals surface area contributed by atoms with E-state index in [4.69, 9.17) is 0 Å². The first kappa shape index (κ1) is 9.84. The van der Waals surface area contributed by atoms with Crippen molar-refractivity contribution in [3.8, 4) is 0 Å². The molecule has 2 aliphatic rings. The lowest BCUT2D eigenvalue weighted by Gasteiger charge is -2.24. The maximum atomic E-state index is 9.30. The van der Waals surface area contributed by atoms with Gasteiger partial charge in [0.15, 0.2) is 5.88 Å². The van der Waals surface area contributed by atoms with E-state index in [1.807, 2.05) is 4.90 Å². The molecule has 2 fully saturated rings. The van der Waals surface area contributed by atoms with E-state index < -0.39 is 0 Å². The van der Waals surface area contributed by atoms with E-state index in [-0.39, 0.29) is 5.88 Å². The van der Waals surface area contributed by atoms with Crippen molar-refractivity contribution in [3.05, 3.63) is 12.5 Å². The topological polar surface area (TPSA) is 26.7 Å². The molecule has 1 N–H and O–H groups in total. The highest BCUT2D eigenvalue weighted by Gasteiger charge is 2.40. The number of nitrogens with zero attached hydrogens (tertiary/aromatic N) is 2. The summed E-state index contributed by atoms with van der Waals surface area (Å²) in [5, 5.41) is 9.30. The minimum Gasteiger partial charge on any atom is -0.495 e. The van der Waals surface area contributed by atoms with Gasteiger partial charge >= 0.3 is 0 Å². The van der Waals surface area contributed by atoms with Crippen molar-refractivity contribution in [1.29, 1.82) is 0 Å². The Morgan fingerprint density at radius 3 is 2.07 bits per heavy atom. The van der Waals surface area contributed by atoms with Crippen molar-refractivity contribution >= 4 is 0 Å². The molecule has 14 heavy (non-hydrogen) atoms. The Hall–Kier alpha value is -0.700. The first-order valence-corrected chi connectivity index (χ1v) is 5.44. The highest BCUT2D eigenvalue weighted by molar-refractivity contribution is 4.98. The van der Waals surface area contributed by atoms with Crippen LogP contribution in [0.25, 0.3) is 0 Å². The average Bonchev–Trinajstić information content (AvgIpc) is 2.57. The van der Waals surface area contributed by atoms with Crippen molar-refractivity contribution in [2.24, 2.45) is 11.8 Å². The number of rotatable bonds is 2. The largest absolute Gasteiger partial charge is 0.495 e. The Kier molecular flexibility index (Phi) is 2.43. The van der Waals surface area contributed by atoms with Crippen LogP contribution in [0.5, 0.6) is 0 Å². The SMILES string of the molecule is C=C(O)N1C[C@@H]2CN(C(C)C)C[C@@H]2C1. The van der Waals surface area contributed by atoms with Crippen LogP contribution in [0.15, 0.2) is 12.5 Å². The fraction of sp³-hybridized carbons (Fsp3) is 0.818. The van der Waals surface area contributed by atoms with E-state index in [9.17, 15) is 5.11 Å². The normalized spacial score (nSPS) is 32.6. The maximum absolute atomic E-state index is 9.30. The summed E-state index contributed by atoms with van der Waals surface area (Å²) in [7, 11) is 0. The van der Waals surface area contributed by atoms with Crippen LogP contribution in [0.2, 0.25) is 0 Å². The molecule has 0 bridgehead atoms. The number of aliphatic hydroxyl groups excluding tert-OH is 1. The minimum atomic E-state index is 0.246. The van der Waals surface area contributed by atoms with E-state index in [0.29, 0.717) is 6.04 Å². The monoisotopic (exact) mass is 196 g/mol. The van der Waals surface area contributed by atoms with Gasteiger partial charge in [0.25, 0.3) is 0 Å². The van der Waals surface area contributed by atoms with Crippen LogP contribution in [0.3, 0.4) is 0 Å². The molecule has 3 nitrogen and oxygen atoms in total. The molecule has 0 aromatic rings. The van der Waals surface area contributed by atoms with Crippen molar-refractivity contribution < 1.29 is 5.11 Å².